The highest BCUT2D eigenvalue weighted by Gasteiger charge is 2.34. The molecule has 0 heterocycles. The molecule has 0 aliphatic heterocycles. The molecule has 8 nitrogen and oxygen atoms in total. The number of carboxylic acids is 2. The van der Waals surface area contributed by atoms with Crippen LogP contribution in [0.1, 0.15) is 25.7 Å². The average molecular weight is 269 g/mol. The van der Waals surface area contributed by atoms with Gasteiger partial charge in [-0.05, 0) is 12.8 Å². The lowest BCUT2D eigenvalue weighted by molar-refractivity contribution is -0.145. The van der Waals surface area contributed by atoms with Gasteiger partial charge in [-0.1, -0.05) is 0 Å². The molecule has 1 atom stereocenters. The van der Waals surface area contributed by atoms with E-state index in [4.69, 9.17) is 15.5 Å². The van der Waals surface area contributed by atoms with Crippen molar-refractivity contribution < 1.29 is 24.6 Å². The summed E-state index contributed by atoms with van der Waals surface area (Å²) in [5.41, 5.74) is 0. The number of nitrogens with one attached hydrogen (secondary N) is 1. The van der Waals surface area contributed by atoms with Gasteiger partial charge in [0, 0.05) is 12.6 Å². The van der Waals surface area contributed by atoms with E-state index in [0.29, 0.717) is 0 Å². The molecule has 0 aromatic rings. The molecule has 1 rings (SSSR count). The number of hydrogen-bond acceptors (Lipinski definition) is 4. The molecular formula is C11H15N3O5. The first-order valence-corrected chi connectivity index (χ1v) is 5.84. The average Bonchev–Trinajstić information content (AvgIpc) is 3.12. The summed E-state index contributed by atoms with van der Waals surface area (Å²) in [7, 11) is 0. The summed E-state index contributed by atoms with van der Waals surface area (Å²) in [5, 5.41) is 28.1. The van der Waals surface area contributed by atoms with Crippen molar-refractivity contribution in [2.45, 2.75) is 37.8 Å². The Hall–Kier alpha value is -2.30. The number of nitrogens with zero attached hydrogens (tertiary/aromatic N) is 2. The smallest absolute Gasteiger partial charge is 0.326 e. The number of carbonyl (C=O) groups is 3. The third-order valence-electron chi connectivity index (χ3n) is 2.69. The van der Waals surface area contributed by atoms with Gasteiger partial charge >= 0.3 is 18.0 Å². The van der Waals surface area contributed by atoms with Crippen LogP contribution in [0.2, 0.25) is 0 Å². The molecule has 1 aliphatic carbocycles. The number of urea groups is 1. The lowest BCUT2D eigenvalue weighted by Crippen LogP contribution is -2.49. The Kier molecular flexibility index (Phi) is 5.11. The van der Waals surface area contributed by atoms with Crippen molar-refractivity contribution in [3.8, 4) is 6.07 Å². The van der Waals surface area contributed by atoms with Crippen molar-refractivity contribution in [2.24, 2.45) is 0 Å². The lowest BCUT2D eigenvalue weighted by Gasteiger charge is -2.23. The van der Waals surface area contributed by atoms with E-state index >= 15 is 0 Å². The monoisotopic (exact) mass is 269 g/mol. The Balaban J connectivity index is 2.60. The van der Waals surface area contributed by atoms with Crippen molar-refractivity contribution >= 4 is 18.0 Å². The summed E-state index contributed by atoms with van der Waals surface area (Å²) in [6, 6.07) is -0.165. The summed E-state index contributed by atoms with van der Waals surface area (Å²) < 4.78 is 0. The number of nitriles is 1. The normalized spacial score (nSPS) is 15.1. The Bertz CT molecular complexity index is 413. The highest BCUT2D eigenvalue weighted by atomic mass is 16.4. The maximum atomic E-state index is 11.9. The maximum absolute atomic E-state index is 11.9. The number of amides is 2. The van der Waals surface area contributed by atoms with E-state index in [1.807, 2.05) is 6.07 Å². The van der Waals surface area contributed by atoms with Gasteiger partial charge in [0.1, 0.15) is 6.04 Å². The van der Waals surface area contributed by atoms with Gasteiger partial charge in [-0.3, -0.25) is 4.79 Å². The van der Waals surface area contributed by atoms with Gasteiger partial charge in [0.05, 0.1) is 18.9 Å². The molecule has 0 saturated heterocycles. The minimum absolute atomic E-state index is 0.0209. The van der Waals surface area contributed by atoms with Crippen molar-refractivity contribution in [3.63, 3.8) is 0 Å². The van der Waals surface area contributed by atoms with Gasteiger partial charge in [0.2, 0.25) is 0 Å². The van der Waals surface area contributed by atoms with Crippen molar-refractivity contribution in [3.05, 3.63) is 0 Å². The molecule has 104 valence electrons. The molecule has 0 aromatic heterocycles. The number of carbonyl (C=O) groups excluding carboxylic acids is 1. The van der Waals surface area contributed by atoms with E-state index in [-0.39, 0.29) is 19.0 Å². The van der Waals surface area contributed by atoms with Gasteiger partial charge in [-0.15, -0.1) is 0 Å². The van der Waals surface area contributed by atoms with Crippen LogP contribution in [0, 0.1) is 11.3 Å². The van der Waals surface area contributed by atoms with Crippen LogP contribution in [0.3, 0.4) is 0 Å². The second kappa shape index (κ2) is 6.58. The standard InChI is InChI=1S/C11H15N3O5/c12-4-1-5-14(7-2-3-7)11(19)13-8(10(17)18)6-9(15)16/h7-8H,1-3,5-6H2,(H,13,19)(H,15,16)(H,17,18). The predicted molar refractivity (Wildman–Crippen MR) is 62.2 cm³/mol. The molecule has 0 radical (unpaired) electrons. The van der Waals surface area contributed by atoms with Gasteiger partial charge in [-0.2, -0.15) is 5.26 Å². The maximum Gasteiger partial charge on any atom is 0.326 e. The SMILES string of the molecule is N#CCCN(C(=O)NC(CC(=O)O)C(=O)O)C1CC1. The number of aliphatic carboxylic acids is 2. The molecule has 1 aliphatic rings. The van der Waals surface area contributed by atoms with E-state index < -0.39 is 30.4 Å². The van der Waals surface area contributed by atoms with Crippen LogP contribution >= 0.6 is 0 Å². The first kappa shape index (κ1) is 14.8. The lowest BCUT2D eigenvalue weighted by atomic mass is 10.2. The fourth-order valence-corrected chi connectivity index (χ4v) is 1.61. The van der Waals surface area contributed by atoms with E-state index in [2.05, 4.69) is 5.32 Å². The molecule has 1 fully saturated rings. The second-order valence-corrected chi connectivity index (χ2v) is 4.27. The number of carboxylic acid groups (broad SMARTS) is 2. The fraction of sp³-hybridized carbons (Fsp3) is 0.636. The predicted octanol–water partition coefficient (Wildman–Crippen LogP) is 0.00198. The molecule has 2 amide bonds. The van der Waals surface area contributed by atoms with Crippen LogP contribution in [0.25, 0.3) is 0 Å². The molecule has 0 spiro atoms. The van der Waals surface area contributed by atoms with Crippen molar-refractivity contribution in [1.29, 1.82) is 5.26 Å². The second-order valence-electron chi connectivity index (χ2n) is 4.27. The Morgan fingerprint density at radius 3 is 2.42 bits per heavy atom. The third kappa shape index (κ3) is 4.83. The van der Waals surface area contributed by atoms with Crippen molar-refractivity contribution in [1.82, 2.24) is 10.2 Å². The van der Waals surface area contributed by atoms with Crippen molar-refractivity contribution in [2.75, 3.05) is 6.54 Å². The van der Waals surface area contributed by atoms with Crippen LogP contribution in [0.4, 0.5) is 4.79 Å². The highest BCUT2D eigenvalue weighted by Crippen LogP contribution is 2.26. The zero-order valence-electron chi connectivity index (χ0n) is 10.2. The van der Waals surface area contributed by atoms with Gasteiger partial charge in [-0.25, -0.2) is 9.59 Å². The summed E-state index contributed by atoms with van der Waals surface area (Å²) in [5.74, 6) is -2.70. The quantitative estimate of drug-likeness (QED) is 0.596. The minimum Gasteiger partial charge on any atom is -0.481 e. The first-order chi connectivity index (χ1) is 8.95. The Labute approximate surface area is 109 Å². The summed E-state index contributed by atoms with van der Waals surface area (Å²) >= 11 is 0. The summed E-state index contributed by atoms with van der Waals surface area (Å²) in [6.45, 7) is 0.215. The van der Waals surface area contributed by atoms with E-state index in [0.717, 1.165) is 12.8 Å². The molecular weight excluding hydrogens is 254 g/mol. The fourth-order valence-electron chi connectivity index (χ4n) is 1.61. The van der Waals surface area contributed by atoms with Crippen LogP contribution in [-0.2, 0) is 9.59 Å². The van der Waals surface area contributed by atoms with Gasteiger partial charge < -0.3 is 20.4 Å². The van der Waals surface area contributed by atoms with Crippen LogP contribution in [0.15, 0.2) is 0 Å². The van der Waals surface area contributed by atoms with Gasteiger partial charge in [0.15, 0.2) is 0 Å². The number of rotatable bonds is 7. The molecule has 0 bridgehead atoms. The largest absolute Gasteiger partial charge is 0.481 e. The molecule has 3 N–H and O–H groups in total. The molecule has 19 heavy (non-hydrogen) atoms. The number of hydrogen-bond donors (Lipinski definition) is 3. The zero-order chi connectivity index (χ0) is 14.4. The molecule has 1 unspecified atom stereocenters. The topological polar surface area (TPSA) is 131 Å². The Morgan fingerprint density at radius 2 is 2.00 bits per heavy atom. The third-order valence-corrected chi connectivity index (χ3v) is 2.69. The van der Waals surface area contributed by atoms with Gasteiger partial charge in [0.25, 0.3) is 0 Å². The van der Waals surface area contributed by atoms with Crippen LogP contribution in [0.5, 0.6) is 0 Å². The highest BCUT2D eigenvalue weighted by molar-refractivity contribution is 5.86. The molecule has 0 aromatic carbocycles. The van der Waals surface area contributed by atoms with E-state index in [1.165, 1.54) is 4.90 Å². The van der Waals surface area contributed by atoms with Crippen LogP contribution < -0.4 is 5.32 Å². The van der Waals surface area contributed by atoms with E-state index in [1.54, 1.807) is 0 Å². The van der Waals surface area contributed by atoms with E-state index in [9.17, 15) is 14.4 Å². The summed E-state index contributed by atoms with van der Waals surface area (Å²) in [6.07, 6.45) is 1.10. The first-order valence-electron chi connectivity index (χ1n) is 5.84. The summed E-state index contributed by atoms with van der Waals surface area (Å²) in [4.78, 5) is 34.6. The minimum atomic E-state index is -1.46. The molecule has 1 saturated carbocycles. The van der Waals surface area contributed by atoms with Crippen LogP contribution in [-0.4, -0.2) is 51.7 Å². The molecule has 8 heteroatoms. The zero-order valence-corrected chi connectivity index (χ0v) is 10.2. The Morgan fingerprint density at radius 1 is 1.37 bits per heavy atom.